The summed E-state index contributed by atoms with van der Waals surface area (Å²) in [7, 11) is 0. The molecule has 2 fully saturated rings. The van der Waals surface area contributed by atoms with Crippen LogP contribution < -0.4 is 0 Å². The molecule has 0 bridgehead atoms. The van der Waals surface area contributed by atoms with E-state index >= 15 is 0 Å². The fourth-order valence-corrected chi connectivity index (χ4v) is 3.64. The first-order valence-electron chi connectivity index (χ1n) is 6.08. The van der Waals surface area contributed by atoms with Crippen molar-refractivity contribution in [2.24, 2.45) is 10.8 Å². The molecule has 0 aliphatic heterocycles. The van der Waals surface area contributed by atoms with Gasteiger partial charge in [0.15, 0.2) is 0 Å². The first-order valence-corrected chi connectivity index (χ1v) is 6.08. The topological polar surface area (TPSA) is 17.1 Å². The quantitative estimate of drug-likeness (QED) is 0.574. The average Bonchev–Trinajstić information content (AvgIpc) is 2.14. The Balaban J connectivity index is 2.20. The summed E-state index contributed by atoms with van der Waals surface area (Å²) in [6.45, 7) is 4.63. The second kappa shape index (κ2) is 3.36. The first-order chi connectivity index (χ1) is 6.56. The van der Waals surface area contributed by atoms with E-state index in [1.807, 2.05) is 0 Å². The summed E-state index contributed by atoms with van der Waals surface area (Å²) in [6, 6.07) is 0. The Morgan fingerprint density at radius 2 is 1.64 bits per heavy atom. The highest BCUT2D eigenvalue weighted by molar-refractivity contribution is 5.80. The van der Waals surface area contributed by atoms with Gasteiger partial charge in [-0.05, 0) is 30.1 Å². The van der Waals surface area contributed by atoms with Crippen molar-refractivity contribution in [1.82, 2.24) is 0 Å². The molecule has 1 nitrogen and oxygen atoms in total. The van der Waals surface area contributed by atoms with Gasteiger partial charge in [0.1, 0.15) is 5.78 Å². The van der Waals surface area contributed by atoms with Gasteiger partial charge in [-0.2, -0.15) is 0 Å². The molecule has 0 unspecified atom stereocenters. The van der Waals surface area contributed by atoms with E-state index in [-0.39, 0.29) is 5.41 Å². The highest BCUT2D eigenvalue weighted by Crippen LogP contribution is 2.56. The normalized spacial score (nSPS) is 30.6. The molecule has 0 aromatic heterocycles. The van der Waals surface area contributed by atoms with E-state index in [1.165, 1.54) is 38.5 Å². The zero-order chi connectivity index (χ0) is 10.2. The summed E-state index contributed by atoms with van der Waals surface area (Å²) < 4.78 is 0. The van der Waals surface area contributed by atoms with Crippen molar-refractivity contribution in [2.45, 2.75) is 65.2 Å². The molecule has 0 amide bonds. The summed E-state index contributed by atoms with van der Waals surface area (Å²) in [5, 5.41) is 0. The van der Waals surface area contributed by atoms with Gasteiger partial charge in [-0.25, -0.2) is 0 Å². The van der Waals surface area contributed by atoms with E-state index in [2.05, 4.69) is 13.8 Å². The highest BCUT2D eigenvalue weighted by atomic mass is 16.1. The SMILES string of the molecule is CC1(C)CC(=O)CCC12CCCCC2. The third kappa shape index (κ3) is 1.51. The van der Waals surface area contributed by atoms with Crippen LogP contribution in [0.1, 0.15) is 65.2 Å². The van der Waals surface area contributed by atoms with E-state index in [4.69, 9.17) is 0 Å². The number of carbonyl (C=O) groups excluding carboxylic acids is 1. The third-order valence-electron chi connectivity index (χ3n) is 4.77. The average molecular weight is 194 g/mol. The number of hydrogen-bond acceptors (Lipinski definition) is 1. The number of Topliss-reactive ketones (excluding diaryl/α,β-unsaturated/α-hetero) is 1. The van der Waals surface area contributed by atoms with Crippen LogP contribution >= 0.6 is 0 Å². The Morgan fingerprint density at radius 3 is 2.21 bits per heavy atom. The maximum absolute atomic E-state index is 11.5. The van der Waals surface area contributed by atoms with E-state index in [0.717, 1.165) is 12.8 Å². The minimum atomic E-state index is 0.267. The zero-order valence-corrected chi connectivity index (χ0v) is 9.57. The van der Waals surface area contributed by atoms with Crippen LogP contribution in [0, 0.1) is 10.8 Å². The summed E-state index contributed by atoms with van der Waals surface area (Å²) in [5.74, 6) is 0.492. The van der Waals surface area contributed by atoms with Crippen molar-refractivity contribution < 1.29 is 4.79 Å². The van der Waals surface area contributed by atoms with Gasteiger partial charge in [0.05, 0.1) is 0 Å². The molecule has 80 valence electrons. The molecule has 1 spiro atoms. The maximum Gasteiger partial charge on any atom is 0.133 e. The van der Waals surface area contributed by atoms with Gasteiger partial charge in [-0.3, -0.25) is 4.79 Å². The molecule has 0 heterocycles. The first kappa shape index (κ1) is 10.2. The third-order valence-corrected chi connectivity index (χ3v) is 4.77. The highest BCUT2D eigenvalue weighted by Gasteiger charge is 2.48. The zero-order valence-electron chi connectivity index (χ0n) is 9.57. The Labute approximate surface area is 87.3 Å². The van der Waals surface area contributed by atoms with Crippen LogP contribution in [0.4, 0.5) is 0 Å². The van der Waals surface area contributed by atoms with Crippen LogP contribution in [0.15, 0.2) is 0 Å². The Kier molecular flexibility index (Phi) is 2.45. The van der Waals surface area contributed by atoms with Gasteiger partial charge in [0, 0.05) is 12.8 Å². The fraction of sp³-hybridized carbons (Fsp3) is 0.923. The van der Waals surface area contributed by atoms with Crippen molar-refractivity contribution in [2.75, 3.05) is 0 Å². The van der Waals surface area contributed by atoms with Gasteiger partial charge in [-0.1, -0.05) is 33.1 Å². The van der Waals surface area contributed by atoms with Crippen molar-refractivity contribution in [1.29, 1.82) is 0 Å². The Bertz CT molecular complexity index is 234. The van der Waals surface area contributed by atoms with Crippen molar-refractivity contribution >= 4 is 5.78 Å². The molecular formula is C13H22O. The molecule has 1 heteroatoms. The largest absolute Gasteiger partial charge is 0.300 e. The fourth-order valence-electron chi connectivity index (χ4n) is 3.64. The molecule has 0 N–H and O–H groups in total. The minimum Gasteiger partial charge on any atom is -0.300 e. The molecule has 0 aromatic carbocycles. The van der Waals surface area contributed by atoms with E-state index in [1.54, 1.807) is 0 Å². The molecule has 0 atom stereocenters. The predicted octanol–water partition coefficient (Wildman–Crippen LogP) is 3.72. The lowest BCUT2D eigenvalue weighted by Crippen LogP contribution is -2.44. The van der Waals surface area contributed by atoms with Gasteiger partial charge >= 0.3 is 0 Å². The van der Waals surface area contributed by atoms with Crippen LogP contribution in [-0.4, -0.2) is 5.78 Å². The molecule has 2 rings (SSSR count). The second-order valence-corrected chi connectivity index (χ2v) is 5.94. The summed E-state index contributed by atoms with van der Waals surface area (Å²) >= 11 is 0. The maximum atomic E-state index is 11.5. The standard InChI is InChI=1S/C13H22O/c1-12(2)10-11(14)6-9-13(12)7-4-3-5-8-13/h3-10H2,1-2H3. The van der Waals surface area contributed by atoms with Crippen LogP contribution in [-0.2, 0) is 4.79 Å². The van der Waals surface area contributed by atoms with Crippen LogP contribution in [0.25, 0.3) is 0 Å². The lowest BCUT2D eigenvalue weighted by molar-refractivity contribution is -0.131. The lowest BCUT2D eigenvalue weighted by Gasteiger charge is -2.52. The number of hydrogen-bond donors (Lipinski definition) is 0. The Morgan fingerprint density at radius 1 is 1.00 bits per heavy atom. The summed E-state index contributed by atoms with van der Waals surface area (Å²) in [6.07, 6.45) is 9.76. The number of rotatable bonds is 0. The van der Waals surface area contributed by atoms with Gasteiger partial charge in [-0.15, -0.1) is 0 Å². The molecule has 0 radical (unpaired) electrons. The van der Waals surface area contributed by atoms with Gasteiger partial charge in [0.25, 0.3) is 0 Å². The van der Waals surface area contributed by atoms with E-state index in [0.29, 0.717) is 11.2 Å². The number of ketones is 1. The number of carbonyl (C=O) groups is 1. The molecule has 2 saturated carbocycles. The summed E-state index contributed by atoms with van der Waals surface area (Å²) in [4.78, 5) is 11.5. The van der Waals surface area contributed by atoms with Crippen LogP contribution in [0.3, 0.4) is 0 Å². The molecular weight excluding hydrogens is 172 g/mol. The molecule has 0 saturated heterocycles. The molecule has 0 aromatic rings. The smallest absolute Gasteiger partial charge is 0.133 e. The van der Waals surface area contributed by atoms with Crippen molar-refractivity contribution in [3.05, 3.63) is 0 Å². The van der Waals surface area contributed by atoms with Crippen LogP contribution in [0.2, 0.25) is 0 Å². The molecule has 14 heavy (non-hydrogen) atoms. The minimum absolute atomic E-state index is 0.267. The second-order valence-electron chi connectivity index (χ2n) is 5.94. The predicted molar refractivity (Wildman–Crippen MR) is 58.2 cm³/mol. The van der Waals surface area contributed by atoms with Gasteiger partial charge in [0.2, 0.25) is 0 Å². The van der Waals surface area contributed by atoms with E-state index in [9.17, 15) is 4.79 Å². The molecule has 2 aliphatic rings. The monoisotopic (exact) mass is 194 g/mol. The summed E-state index contributed by atoms with van der Waals surface area (Å²) in [5.41, 5.74) is 0.780. The van der Waals surface area contributed by atoms with Crippen molar-refractivity contribution in [3.8, 4) is 0 Å². The molecule has 2 aliphatic carbocycles. The Hall–Kier alpha value is -0.330. The van der Waals surface area contributed by atoms with Crippen LogP contribution in [0.5, 0.6) is 0 Å². The van der Waals surface area contributed by atoms with Crippen molar-refractivity contribution in [3.63, 3.8) is 0 Å². The van der Waals surface area contributed by atoms with E-state index < -0.39 is 0 Å². The van der Waals surface area contributed by atoms with Gasteiger partial charge < -0.3 is 0 Å². The lowest BCUT2D eigenvalue weighted by atomic mass is 9.52.